The smallest absolute Gasteiger partial charge is 0.243 e. The van der Waals surface area contributed by atoms with E-state index in [1.165, 1.54) is 6.07 Å². The van der Waals surface area contributed by atoms with E-state index in [1.54, 1.807) is 6.33 Å². The van der Waals surface area contributed by atoms with Crippen LogP contribution in [0.5, 0.6) is 0 Å². The molecular weight excluding hydrogens is 340 g/mol. The lowest BCUT2D eigenvalue weighted by Gasteiger charge is -2.22. The summed E-state index contributed by atoms with van der Waals surface area (Å²) in [6.07, 6.45) is 2.88. The molecule has 4 rings (SSSR count). The summed E-state index contributed by atoms with van der Waals surface area (Å²) in [5, 5.41) is 6.56. The van der Waals surface area contributed by atoms with E-state index >= 15 is 0 Å². The molecule has 1 aliphatic heterocycles. The van der Waals surface area contributed by atoms with Gasteiger partial charge in [0, 0.05) is 42.4 Å². The van der Waals surface area contributed by atoms with Crippen molar-refractivity contribution in [2.24, 2.45) is 0 Å². The van der Waals surface area contributed by atoms with Crippen molar-refractivity contribution < 1.29 is 13.6 Å². The minimum atomic E-state index is -0.615. The Balaban J connectivity index is 1.47. The molecule has 4 N–H and O–H groups in total. The number of aromatic nitrogens is 3. The fourth-order valence-electron chi connectivity index (χ4n) is 3.57. The molecule has 1 aromatic carbocycles. The molecule has 0 radical (unpaired) electrons. The number of nitrogens with one attached hydrogen (secondary N) is 4. The van der Waals surface area contributed by atoms with Gasteiger partial charge in [-0.25, -0.2) is 13.8 Å². The number of benzene rings is 1. The number of hydrogen-bond acceptors (Lipinski definition) is 3. The first-order chi connectivity index (χ1) is 12.5. The second-order valence-electron chi connectivity index (χ2n) is 6.48. The summed E-state index contributed by atoms with van der Waals surface area (Å²) < 4.78 is 27.4. The number of aryl methyl sites for hydroxylation is 1. The number of aromatic amines is 2. The Morgan fingerprint density at radius 1 is 1.38 bits per heavy atom. The number of imidazole rings is 1. The van der Waals surface area contributed by atoms with Gasteiger partial charge in [-0.3, -0.25) is 4.79 Å². The van der Waals surface area contributed by atoms with Crippen molar-refractivity contribution in [3.8, 4) is 0 Å². The van der Waals surface area contributed by atoms with Crippen molar-refractivity contribution in [2.75, 3.05) is 13.1 Å². The zero-order valence-electron chi connectivity index (χ0n) is 14.2. The highest BCUT2D eigenvalue weighted by molar-refractivity contribution is 5.86. The van der Waals surface area contributed by atoms with Gasteiger partial charge in [-0.2, -0.15) is 0 Å². The number of rotatable bonds is 4. The predicted molar refractivity (Wildman–Crippen MR) is 92.7 cm³/mol. The minimum Gasteiger partial charge on any atom is -0.356 e. The van der Waals surface area contributed by atoms with Crippen LogP contribution in [0.3, 0.4) is 0 Å². The second-order valence-corrected chi connectivity index (χ2v) is 6.48. The molecular formula is C18H19F2N5O. The Bertz CT molecular complexity index is 978. The number of fused-ring (bicyclic) bond motifs is 2. The van der Waals surface area contributed by atoms with Crippen LogP contribution in [-0.2, 0) is 17.6 Å². The Kier molecular flexibility index (Phi) is 4.20. The fourth-order valence-corrected chi connectivity index (χ4v) is 3.57. The summed E-state index contributed by atoms with van der Waals surface area (Å²) in [7, 11) is 0. The molecule has 1 aliphatic rings. The molecule has 0 fully saturated rings. The molecule has 0 saturated carbocycles. The maximum Gasteiger partial charge on any atom is 0.243 e. The lowest BCUT2D eigenvalue weighted by Crippen LogP contribution is -2.42. The Labute approximate surface area is 148 Å². The molecule has 3 aromatic rings. The Morgan fingerprint density at radius 3 is 3.08 bits per heavy atom. The maximum atomic E-state index is 13.9. The summed E-state index contributed by atoms with van der Waals surface area (Å²) in [6, 6.07) is 1.70. The van der Waals surface area contributed by atoms with Crippen molar-refractivity contribution >= 4 is 16.8 Å². The Hall–Kier alpha value is -2.74. The van der Waals surface area contributed by atoms with Gasteiger partial charge in [-0.15, -0.1) is 0 Å². The quantitative estimate of drug-likeness (QED) is 0.575. The van der Waals surface area contributed by atoms with Crippen LogP contribution in [0, 0.1) is 18.6 Å². The molecule has 136 valence electrons. The lowest BCUT2D eigenvalue weighted by molar-refractivity contribution is -0.123. The number of H-pyrrole nitrogens is 2. The highest BCUT2D eigenvalue weighted by Crippen LogP contribution is 2.26. The first kappa shape index (κ1) is 16.7. The maximum absolute atomic E-state index is 13.9. The molecule has 0 saturated heterocycles. The number of carbonyl (C=O) groups is 1. The number of nitrogens with zero attached hydrogens (tertiary/aromatic N) is 1. The van der Waals surface area contributed by atoms with Crippen LogP contribution >= 0.6 is 0 Å². The SMILES string of the molecule is Cc1[nH]c2c(F)cc(F)cc2c1CCNC(=O)[C@H]1NCCc2[nH]cnc21. The van der Waals surface area contributed by atoms with Crippen LogP contribution in [-0.4, -0.2) is 33.9 Å². The highest BCUT2D eigenvalue weighted by Gasteiger charge is 2.28. The molecule has 1 atom stereocenters. The average molecular weight is 359 g/mol. The van der Waals surface area contributed by atoms with Gasteiger partial charge in [0.2, 0.25) is 5.91 Å². The first-order valence-corrected chi connectivity index (χ1v) is 8.54. The van der Waals surface area contributed by atoms with Crippen molar-refractivity contribution in [3.05, 3.63) is 52.7 Å². The van der Waals surface area contributed by atoms with Crippen molar-refractivity contribution in [1.29, 1.82) is 0 Å². The van der Waals surface area contributed by atoms with E-state index < -0.39 is 17.7 Å². The summed E-state index contributed by atoms with van der Waals surface area (Å²) in [5.41, 5.74) is 3.56. The van der Waals surface area contributed by atoms with Gasteiger partial charge in [-0.05, 0) is 25.0 Å². The normalized spacial score (nSPS) is 16.7. The Morgan fingerprint density at radius 2 is 2.23 bits per heavy atom. The van der Waals surface area contributed by atoms with Gasteiger partial charge < -0.3 is 20.6 Å². The minimum absolute atomic E-state index is 0.159. The van der Waals surface area contributed by atoms with Gasteiger partial charge in [0.1, 0.15) is 17.7 Å². The summed E-state index contributed by atoms with van der Waals surface area (Å²) in [5.74, 6) is -1.39. The third kappa shape index (κ3) is 2.86. The van der Waals surface area contributed by atoms with Crippen LogP contribution < -0.4 is 10.6 Å². The standard InChI is InChI=1S/C18H19F2N5O/c1-9-11(12-6-10(19)7-13(20)15(12)25-9)2-4-22-18(26)17-16-14(3-5-21-17)23-8-24-16/h6-8,17,21,25H,2-5H2,1H3,(H,22,26)(H,23,24)/t17-/m0/s1. The number of halogens is 2. The molecule has 0 aliphatic carbocycles. The first-order valence-electron chi connectivity index (χ1n) is 8.54. The third-order valence-electron chi connectivity index (χ3n) is 4.83. The average Bonchev–Trinajstić information content (AvgIpc) is 3.20. The predicted octanol–water partition coefficient (Wildman–Crippen LogP) is 2.02. The molecule has 6 nitrogen and oxygen atoms in total. The molecule has 0 spiro atoms. The van der Waals surface area contributed by atoms with E-state index in [0.29, 0.717) is 30.4 Å². The molecule has 0 bridgehead atoms. The van der Waals surface area contributed by atoms with Gasteiger partial charge in [-0.1, -0.05) is 0 Å². The zero-order valence-corrected chi connectivity index (χ0v) is 14.2. The van der Waals surface area contributed by atoms with E-state index in [-0.39, 0.29) is 5.91 Å². The second kappa shape index (κ2) is 6.53. The van der Waals surface area contributed by atoms with Crippen LogP contribution in [0.4, 0.5) is 8.78 Å². The number of hydrogen-bond donors (Lipinski definition) is 4. The van der Waals surface area contributed by atoms with E-state index in [1.807, 2.05) is 6.92 Å². The van der Waals surface area contributed by atoms with Crippen molar-refractivity contribution in [2.45, 2.75) is 25.8 Å². The molecule has 26 heavy (non-hydrogen) atoms. The van der Waals surface area contributed by atoms with E-state index in [9.17, 15) is 13.6 Å². The van der Waals surface area contributed by atoms with Gasteiger partial charge >= 0.3 is 0 Å². The third-order valence-corrected chi connectivity index (χ3v) is 4.83. The summed E-state index contributed by atoms with van der Waals surface area (Å²) >= 11 is 0. The number of amides is 1. The van der Waals surface area contributed by atoms with E-state index in [0.717, 1.165) is 35.1 Å². The molecule has 3 heterocycles. The van der Waals surface area contributed by atoms with Crippen molar-refractivity contribution in [3.63, 3.8) is 0 Å². The highest BCUT2D eigenvalue weighted by atomic mass is 19.1. The monoisotopic (exact) mass is 359 g/mol. The van der Waals surface area contributed by atoms with Crippen LogP contribution in [0.25, 0.3) is 10.9 Å². The van der Waals surface area contributed by atoms with Crippen LogP contribution in [0.15, 0.2) is 18.5 Å². The topological polar surface area (TPSA) is 85.6 Å². The van der Waals surface area contributed by atoms with Crippen LogP contribution in [0.2, 0.25) is 0 Å². The molecule has 8 heteroatoms. The van der Waals surface area contributed by atoms with E-state index in [2.05, 4.69) is 25.6 Å². The largest absolute Gasteiger partial charge is 0.356 e. The van der Waals surface area contributed by atoms with Gasteiger partial charge in [0.15, 0.2) is 0 Å². The number of carbonyl (C=O) groups excluding carboxylic acids is 1. The van der Waals surface area contributed by atoms with Crippen molar-refractivity contribution in [1.82, 2.24) is 25.6 Å². The fraction of sp³-hybridized carbons (Fsp3) is 0.333. The summed E-state index contributed by atoms with van der Waals surface area (Å²) in [6.45, 7) is 2.88. The molecule has 1 amide bonds. The lowest BCUT2D eigenvalue weighted by atomic mass is 10.0. The van der Waals surface area contributed by atoms with E-state index in [4.69, 9.17) is 0 Å². The van der Waals surface area contributed by atoms with Crippen LogP contribution in [0.1, 0.15) is 28.7 Å². The van der Waals surface area contributed by atoms with Gasteiger partial charge in [0.05, 0.1) is 17.5 Å². The zero-order chi connectivity index (χ0) is 18.3. The van der Waals surface area contributed by atoms with Gasteiger partial charge in [0.25, 0.3) is 0 Å². The molecule has 0 unspecified atom stereocenters. The molecule has 2 aromatic heterocycles. The summed E-state index contributed by atoms with van der Waals surface area (Å²) in [4.78, 5) is 22.7.